The fraction of sp³-hybridized carbons (Fsp3) is 0.308. The summed E-state index contributed by atoms with van der Waals surface area (Å²) in [6.45, 7) is 8.57. The Morgan fingerprint density at radius 1 is 0.727 bits per heavy atom. The summed E-state index contributed by atoms with van der Waals surface area (Å²) in [5.74, 6) is 1.11. The van der Waals surface area contributed by atoms with Crippen LogP contribution < -0.4 is 0 Å². The van der Waals surface area contributed by atoms with Gasteiger partial charge < -0.3 is 0 Å². The van der Waals surface area contributed by atoms with Crippen molar-refractivity contribution in [3.8, 4) is 0 Å². The zero-order valence-corrected chi connectivity index (χ0v) is 19.1. The minimum absolute atomic E-state index is 0.345. The van der Waals surface area contributed by atoms with Crippen molar-refractivity contribution in [3.63, 3.8) is 0 Å². The lowest BCUT2D eigenvalue weighted by molar-refractivity contribution is -0.137. The van der Waals surface area contributed by atoms with E-state index in [1.807, 2.05) is 25.1 Å². The molecule has 0 amide bonds. The highest BCUT2D eigenvalue weighted by molar-refractivity contribution is 5.54. The number of halogens is 3. The lowest BCUT2D eigenvalue weighted by Crippen LogP contribution is -2.04. The van der Waals surface area contributed by atoms with Crippen molar-refractivity contribution in [2.24, 2.45) is 26.4 Å². The molecule has 7 heteroatoms. The van der Waals surface area contributed by atoms with Crippen LogP contribution in [0.5, 0.6) is 0 Å². The maximum absolute atomic E-state index is 12.7. The zero-order valence-electron chi connectivity index (χ0n) is 19.1. The molecule has 0 radical (unpaired) electrons. The van der Waals surface area contributed by atoms with Crippen LogP contribution in [0.3, 0.4) is 0 Å². The minimum atomic E-state index is -4.37. The van der Waals surface area contributed by atoms with E-state index in [-0.39, 0.29) is 0 Å². The van der Waals surface area contributed by atoms with E-state index in [0.29, 0.717) is 28.9 Å². The van der Waals surface area contributed by atoms with Crippen LogP contribution in [0.25, 0.3) is 0 Å². The molecular formula is C26H27F3N4. The Hall–Kier alpha value is -3.35. The van der Waals surface area contributed by atoms with Crippen molar-refractivity contribution >= 4 is 22.7 Å². The Bertz CT molecular complexity index is 1120. The van der Waals surface area contributed by atoms with E-state index in [9.17, 15) is 13.2 Å². The van der Waals surface area contributed by atoms with Gasteiger partial charge in [0.25, 0.3) is 0 Å². The van der Waals surface area contributed by atoms with Crippen LogP contribution >= 0.6 is 0 Å². The molecule has 4 nitrogen and oxygen atoms in total. The van der Waals surface area contributed by atoms with Crippen molar-refractivity contribution in [2.45, 2.75) is 46.2 Å². The Labute approximate surface area is 192 Å². The smallest absolute Gasteiger partial charge is 0.166 e. The number of nitrogens with zero attached hydrogens (tertiary/aromatic N) is 4. The summed E-state index contributed by atoms with van der Waals surface area (Å²) in [6.07, 6.45) is -3.23. The van der Waals surface area contributed by atoms with Gasteiger partial charge in [-0.05, 0) is 84.5 Å². The normalized spacial score (nSPS) is 14.2. The number of alkyl halides is 3. The molecule has 0 N–H and O–H groups in total. The molecule has 3 aromatic carbocycles. The number of benzene rings is 3. The standard InChI is InChI=1S/C26H27F3N4/c1-5-17(2)19(4)20-6-10-22(11-7-20)30-32-24-14-15-25(18(3)16-24)33-31-23-12-8-21(9-13-23)26(27,28)29/h6-17,19H,5H2,1-4H3. The number of rotatable bonds is 7. The summed E-state index contributed by atoms with van der Waals surface area (Å²) in [5.41, 5.74) is 3.82. The van der Waals surface area contributed by atoms with Crippen molar-refractivity contribution in [1.82, 2.24) is 0 Å². The van der Waals surface area contributed by atoms with Crippen LogP contribution in [0.2, 0.25) is 0 Å². The summed E-state index contributed by atoms with van der Waals surface area (Å²) < 4.78 is 38.0. The summed E-state index contributed by atoms with van der Waals surface area (Å²) in [5, 5.41) is 16.8. The molecule has 0 aliphatic carbocycles. The fourth-order valence-electron chi connectivity index (χ4n) is 3.28. The van der Waals surface area contributed by atoms with E-state index in [1.165, 1.54) is 17.7 Å². The van der Waals surface area contributed by atoms with E-state index in [4.69, 9.17) is 0 Å². The molecule has 0 aromatic heterocycles. The van der Waals surface area contributed by atoms with Crippen LogP contribution in [0.15, 0.2) is 87.2 Å². The highest BCUT2D eigenvalue weighted by atomic mass is 19.4. The molecule has 3 aromatic rings. The topological polar surface area (TPSA) is 49.4 Å². The highest BCUT2D eigenvalue weighted by Crippen LogP contribution is 2.32. The number of aryl methyl sites for hydroxylation is 1. The Morgan fingerprint density at radius 3 is 1.79 bits per heavy atom. The lowest BCUT2D eigenvalue weighted by atomic mass is 9.87. The van der Waals surface area contributed by atoms with Gasteiger partial charge in [0.1, 0.15) is 0 Å². The Balaban J connectivity index is 1.67. The summed E-state index contributed by atoms with van der Waals surface area (Å²) in [4.78, 5) is 0. The molecule has 0 bridgehead atoms. The van der Waals surface area contributed by atoms with Crippen LogP contribution in [0.4, 0.5) is 35.9 Å². The second-order valence-corrected chi connectivity index (χ2v) is 8.18. The zero-order chi connectivity index (χ0) is 24.0. The van der Waals surface area contributed by atoms with Gasteiger partial charge in [0.2, 0.25) is 0 Å². The van der Waals surface area contributed by atoms with Gasteiger partial charge in [0, 0.05) is 0 Å². The van der Waals surface area contributed by atoms with Gasteiger partial charge >= 0.3 is 6.18 Å². The van der Waals surface area contributed by atoms with Crippen molar-refractivity contribution < 1.29 is 13.2 Å². The second-order valence-electron chi connectivity index (χ2n) is 8.18. The number of azo groups is 2. The number of hydrogen-bond acceptors (Lipinski definition) is 4. The monoisotopic (exact) mass is 452 g/mol. The van der Waals surface area contributed by atoms with Crippen molar-refractivity contribution in [3.05, 3.63) is 83.4 Å². The van der Waals surface area contributed by atoms with Gasteiger partial charge in [0.15, 0.2) is 0 Å². The number of hydrogen-bond donors (Lipinski definition) is 0. The molecule has 2 atom stereocenters. The molecule has 2 unspecified atom stereocenters. The second kappa shape index (κ2) is 10.5. The first-order valence-electron chi connectivity index (χ1n) is 10.9. The molecule has 172 valence electrons. The van der Waals surface area contributed by atoms with Gasteiger partial charge in [-0.3, -0.25) is 0 Å². The third-order valence-corrected chi connectivity index (χ3v) is 5.85. The van der Waals surface area contributed by atoms with Gasteiger partial charge in [-0.25, -0.2) is 0 Å². The van der Waals surface area contributed by atoms with Gasteiger partial charge in [0.05, 0.1) is 28.3 Å². The largest absolute Gasteiger partial charge is 0.416 e. The Kier molecular flexibility index (Phi) is 7.74. The minimum Gasteiger partial charge on any atom is -0.166 e. The third-order valence-electron chi connectivity index (χ3n) is 5.85. The van der Waals surface area contributed by atoms with E-state index in [1.54, 1.807) is 12.1 Å². The van der Waals surface area contributed by atoms with Gasteiger partial charge in [-0.15, -0.1) is 0 Å². The molecule has 0 saturated carbocycles. The quantitative estimate of drug-likeness (QED) is 0.320. The first kappa shape index (κ1) is 24.3. The van der Waals surface area contributed by atoms with E-state index in [2.05, 4.69) is 53.4 Å². The average Bonchev–Trinajstić information content (AvgIpc) is 2.81. The lowest BCUT2D eigenvalue weighted by Gasteiger charge is -2.18. The van der Waals surface area contributed by atoms with Crippen LogP contribution in [-0.2, 0) is 6.18 Å². The Morgan fingerprint density at radius 2 is 1.24 bits per heavy atom. The van der Waals surface area contributed by atoms with Gasteiger partial charge in [-0.1, -0.05) is 39.3 Å². The molecule has 33 heavy (non-hydrogen) atoms. The van der Waals surface area contributed by atoms with Crippen molar-refractivity contribution in [1.29, 1.82) is 0 Å². The molecule has 0 spiro atoms. The van der Waals surface area contributed by atoms with Crippen LogP contribution in [-0.4, -0.2) is 0 Å². The predicted octanol–water partition coefficient (Wildman–Crippen LogP) is 9.99. The average molecular weight is 453 g/mol. The maximum Gasteiger partial charge on any atom is 0.416 e. The van der Waals surface area contributed by atoms with E-state index in [0.717, 1.165) is 29.8 Å². The van der Waals surface area contributed by atoms with E-state index < -0.39 is 11.7 Å². The van der Waals surface area contributed by atoms with Crippen LogP contribution in [0, 0.1) is 12.8 Å². The molecule has 0 aliphatic rings. The molecule has 0 heterocycles. The summed E-state index contributed by atoms with van der Waals surface area (Å²) in [6, 6.07) is 18.1. The van der Waals surface area contributed by atoms with Crippen LogP contribution in [0.1, 0.15) is 49.8 Å². The molecule has 3 rings (SSSR count). The highest BCUT2D eigenvalue weighted by Gasteiger charge is 2.29. The van der Waals surface area contributed by atoms with Crippen molar-refractivity contribution in [2.75, 3.05) is 0 Å². The SMILES string of the molecule is CCC(C)C(C)c1ccc(N=Nc2ccc(N=Nc3ccc(C(F)(F)F)cc3)c(C)c2)cc1. The molecule has 0 saturated heterocycles. The summed E-state index contributed by atoms with van der Waals surface area (Å²) >= 11 is 0. The van der Waals surface area contributed by atoms with Gasteiger partial charge in [-0.2, -0.15) is 33.6 Å². The third kappa shape index (κ3) is 6.57. The molecular weight excluding hydrogens is 425 g/mol. The maximum atomic E-state index is 12.7. The first-order valence-corrected chi connectivity index (χ1v) is 10.9. The molecule has 0 fully saturated rings. The first-order chi connectivity index (χ1) is 15.7. The fourth-order valence-corrected chi connectivity index (χ4v) is 3.28. The summed E-state index contributed by atoms with van der Waals surface area (Å²) in [7, 11) is 0. The molecule has 0 aliphatic heterocycles. The van der Waals surface area contributed by atoms with E-state index >= 15 is 0 Å². The predicted molar refractivity (Wildman–Crippen MR) is 125 cm³/mol.